The van der Waals surface area contributed by atoms with Gasteiger partial charge in [-0.25, -0.2) is 4.98 Å². The highest BCUT2D eigenvalue weighted by Gasteiger charge is 2.29. The smallest absolute Gasteiger partial charge is 0.302 e. The monoisotopic (exact) mass is 538 g/mol. The number of amides is 1. The molecule has 0 aliphatic carbocycles. The number of hydrogen-bond donors (Lipinski definition) is 1. The molecular formula is C33H38N4O3. The van der Waals surface area contributed by atoms with E-state index >= 15 is 0 Å². The van der Waals surface area contributed by atoms with E-state index in [1.807, 2.05) is 46.0 Å². The van der Waals surface area contributed by atoms with Crippen LogP contribution in [0.5, 0.6) is 0 Å². The van der Waals surface area contributed by atoms with Crippen molar-refractivity contribution in [1.82, 2.24) is 9.38 Å². The minimum Gasteiger partial charge on any atom is -0.461 e. The first kappa shape index (κ1) is 27.4. The molecule has 0 atom stereocenters. The number of aromatic nitrogens is 2. The molecule has 1 aliphatic rings. The molecule has 3 heterocycles. The fourth-order valence-corrected chi connectivity index (χ4v) is 5.28. The molecule has 208 valence electrons. The normalized spacial score (nSPS) is 13.9. The van der Waals surface area contributed by atoms with Crippen molar-refractivity contribution in [3.05, 3.63) is 83.3 Å². The van der Waals surface area contributed by atoms with Crippen LogP contribution in [-0.2, 0) is 28.0 Å². The lowest BCUT2D eigenvalue weighted by atomic mass is 9.84. The van der Waals surface area contributed by atoms with Gasteiger partial charge in [0.2, 0.25) is 0 Å². The average molecular weight is 539 g/mol. The van der Waals surface area contributed by atoms with Crippen LogP contribution in [0.1, 0.15) is 75.5 Å². The predicted molar refractivity (Wildman–Crippen MR) is 160 cm³/mol. The largest absolute Gasteiger partial charge is 0.461 e. The maximum atomic E-state index is 13.9. The second kappa shape index (κ2) is 10.1. The third-order valence-electron chi connectivity index (χ3n) is 7.22. The molecular weight excluding hydrogens is 500 g/mol. The van der Waals surface area contributed by atoms with E-state index in [1.165, 1.54) is 12.5 Å². The molecule has 4 aromatic rings. The molecule has 5 rings (SSSR count). The number of esters is 1. The zero-order valence-electron chi connectivity index (χ0n) is 24.5. The van der Waals surface area contributed by atoms with E-state index in [0.717, 1.165) is 51.3 Å². The zero-order chi connectivity index (χ0) is 28.8. The molecule has 7 heteroatoms. The molecule has 0 fully saturated rings. The second-order valence-corrected chi connectivity index (χ2v) is 12.6. The molecule has 0 spiro atoms. The van der Waals surface area contributed by atoms with Gasteiger partial charge >= 0.3 is 5.97 Å². The molecule has 1 amide bonds. The summed E-state index contributed by atoms with van der Waals surface area (Å²) < 4.78 is 7.54. The Morgan fingerprint density at radius 3 is 2.52 bits per heavy atom. The molecule has 0 saturated heterocycles. The number of imidazole rings is 1. The lowest BCUT2D eigenvalue weighted by Crippen LogP contribution is -2.38. The van der Waals surface area contributed by atoms with Crippen molar-refractivity contribution in [3.63, 3.8) is 0 Å². The summed E-state index contributed by atoms with van der Waals surface area (Å²) >= 11 is 0. The average Bonchev–Trinajstić information content (AvgIpc) is 3.35. The number of nitrogens with one attached hydrogen (secondary N) is 1. The lowest BCUT2D eigenvalue weighted by Gasteiger charge is -2.32. The predicted octanol–water partition coefficient (Wildman–Crippen LogP) is 6.78. The van der Waals surface area contributed by atoms with Crippen LogP contribution >= 0.6 is 0 Å². The standard InChI is InChI=1S/C33H38N4O3/c1-21(38)40-20-27-25(23-18-28(35-33(5,6)7)30-34-14-16-36(30)19-23)9-8-10-29(27)37-15-13-22-17-24(32(2,3)4)11-12-26(22)31(37)39/h8-12,14,16-19,35H,13,15,20H2,1-7H3. The van der Waals surface area contributed by atoms with Crippen LogP contribution < -0.4 is 10.2 Å². The van der Waals surface area contributed by atoms with Gasteiger partial charge in [-0.05, 0) is 67.5 Å². The van der Waals surface area contributed by atoms with E-state index in [0.29, 0.717) is 6.54 Å². The summed E-state index contributed by atoms with van der Waals surface area (Å²) in [6.45, 7) is 14.9. The van der Waals surface area contributed by atoms with Gasteiger partial charge in [0.1, 0.15) is 6.61 Å². The van der Waals surface area contributed by atoms with Gasteiger partial charge in [0, 0.05) is 54.3 Å². The van der Waals surface area contributed by atoms with Gasteiger partial charge in [-0.2, -0.15) is 0 Å². The van der Waals surface area contributed by atoms with E-state index in [4.69, 9.17) is 4.74 Å². The third-order valence-corrected chi connectivity index (χ3v) is 7.22. The highest BCUT2D eigenvalue weighted by molar-refractivity contribution is 6.09. The minimum absolute atomic E-state index is 0.0117. The summed E-state index contributed by atoms with van der Waals surface area (Å²) in [7, 11) is 0. The first-order valence-corrected chi connectivity index (χ1v) is 13.8. The summed E-state index contributed by atoms with van der Waals surface area (Å²) in [5.41, 5.74) is 7.96. The van der Waals surface area contributed by atoms with E-state index < -0.39 is 0 Å². The maximum absolute atomic E-state index is 13.9. The third kappa shape index (κ3) is 5.46. The number of benzene rings is 2. The highest BCUT2D eigenvalue weighted by atomic mass is 16.5. The molecule has 0 unspecified atom stereocenters. The number of rotatable bonds is 5. The number of fused-ring (bicyclic) bond motifs is 2. The fraction of sp³-hybridized carbons (Fsp3) is 0.364. The Kier molecular flexibility index (Phi) is 6.94. The van der Waals surface area contributed by atoms with Gasteiger partial charge in [0.25, 0.3) is 5.91 Å². The van der Waals surface area contributed by atoms with Crippen molar-refractivity contribution >= 4 is 28.9 Å². The van der Waals surface area contributed by atoms with Crippen LogP contribution in [0.3, 0.4) is 0 Å². The van der Waals surface area contributed by atoms with Crippen molar-refractivity contribution in [2.75, 3.05) is 16.8 Å². The number of carbonyl (C=O) groups is 2. The van der Waals surface area contributed by atoms with Crippen molar-refractivity contribution in [2.45, 2.75) is 72.4 Å². The first-order chi connectivity index (χ1) is 18.8. The fourth-order valence-electron chi connectivity index (χ4n) is 5.28. The highest BCUT2D eigenvalue weighted by Crippen LogP contribution is 2.37. The second-order valence-electron chi connectivity index (χ2n) is 12.6. The summed E-state index contributed by atoms with van der Waals surface area (Å²) in [5.74, 6) is -0.408. The number of ether oxygens (including phenoxy) is 1. The number of pyridine rings is 1. The topological polar surface area (TPSA) is 75.9 Å². The van der Waals surface area contributed by atoms with Gasteiger partial charge in [-0.3, -0.25) is 9.59 Å². The zero-order valence-corrected chi connectivity index (χ0v) is 24.5. The molecule has 1 aliphatic heterocycles. The Morgan fingerprint density at radius 1 is 1.05 bits per heavy atom. The lowest BCUT2D eigenvalue weighted by molar-refractivity contribution is -0.142. The molecule has 7 nitrogen and oxygen atoms in total. The van der Waals surface area contributed by atoms with Crippen molar-refractivity contribution < 1.29 is 14.3 Å². The van der Waals surface area contributed by atoms with Crippen LogP contribution in [0.2, 0.25) is 0 Å². The van der Waals surface area contributed by atoms with Crippen molar-refractivity contribution in [3.8, 4) is 11.1 Å². The molecule has 2 aromatic carbocycles. The van der Waals surface area contributed by atoms with Gasteiger partial charge < -0.3 is 19.4 Å². The van der Waals surface area contributed by atoms with E-state index in [9.17, 15) is 9.59 Å². The Hall–Kier alpha value is -4.13. The van der Waals surface area contributed by atoms with Gasteiger partial charge in [-0.1, -0.05) is 45.0 Å². The van der Waals surface area contributed by atoms with Crippen molar-refractivity contribution in [2.24, 2.45) is 0 Å². The molecule has 0 saturated carbocycles. The van der Waals surface area contributed by atoms with Crippen LogP contribution in [0, 0.1) is 0 Å². The van der Waals surface area contributed by atoms with Crippen LogP contribution in [0.4, 0.5) is 11.4 Å². The number of hydrogen-bond acceptors (Lipinski definition) is 5. The van der Waals surface area contributed by atoms with Crippen molar-refractivity contribution in [1.29, 1.82) is 0 Å². The molecule has 1 N–H and O–H groups in total. The Balaban J connectivity index is 1.61. The minimum atomic E-state index is -0.370. The molecule has 2 aromatic heterocycles. The quantitative estimate of drug-likeness (QED) is 0.284. The van der Waals surface area contributed by atoms with Gasteiger partial charge in [-0.15, -0.1) is 0 Å². The maximum Gasteiger partial charge on any atom is 0.302 e. The van der Waals surface area contributed by atoms with Crippen LogP contribution in [0.15, 0.2) is 61.1 Å². The summed E-state index contributed by atoms with van der Waals surface area (Å²) in [6, 6.07) is 14.2. The van der Waals surface area contributed by atoms with Crippen LogP contribution in [-0.4, -0.2) is 33.3 Å². The number of carbonyl (C=O) groups excluding carboxylic acids is 2. The summed E-state index contributed by atoms with van der Waals surface area (Å²) in [4.78, 5) is 32.1. The molecule has 0 radical (unpaired) electrons. The van der Waals surface area contributed by atoms with Crippen LogP contribution in [0.25, 0.3) is 16.8 Å². The Morgan fingerprint density at radius 2 is 1.82 bits per heavy atom. The summed E-state index contributed by atoms with van der Waals surface area (Å²) in [6.07, 6.45) is 6.47. The SMILES string of the molecule is CC(=O)OCc1c(-c2cc(NC(C)(C)C)c3nccn3c2)cccc1N1CCc2cc(C(C)(C)C)ccc2C1=O. The summed E-state index contributed by atoms with van der Waals surface area (Å²) in [5, 5.41) is 3.57. The Labute approximate surface area is 236 Å². The van der Waals surface area contributed by atoms with E-state index in [-0.39, 0.29) is 29.4 Å². The molecule has 0 bridgehead atoms. The molecule has 40 heavy (non-hydrogen) atoms. The number of nitrogens with zero attached hydrogens (tertiary/aromatic N) is 3. The van der Waals surface area contributed by atoms with Gasteiger partial charge in [0.05, 0.1) is 11.4 Å². The van der Waals surface area contributed by atoms with Gasteiger partial charge in [0.15, 0.2) is 5.65 Å². The Bertz CT molecular complexity index is 1600. The van der Waals surface area contributed by atoms with E-state index in [2.05, 4.69) is 70.0 Å². The number of anilines is 2. The first-order valence-electron chi connectivity index (χ1n) is 13.8. The van der Waals surface area contributed by atoms with E-state index in [1.54, 1.807) is 6.20 Å².